The Hall–Kier alpha value is -1.26. The van der Waals surface area contributed by atoms with Crippen molar-refractivity contribution in [3.63, 3.8) is 0 Å². The lowest BCUT2D eigenvalue weighted by atomic mass is 10.4. The van der Waals surface area contributed by atoms with Gasteiger partial charge in [-0.25, -0.2) is 14.4 Å². The van der Waals surface area contributed by atoms with Gasteiger partial charge in [-0.1, -0.05) is 0 Å². The Bertz CT molecular complexity index is 416. The van der Waals surface area contributed by atoms with Crippen molar-refractivity contribution in [3.05, 3.63) is 0 Å². The Labute approximate surface area is 117 Å². The van der Waals surface area contributed by atoms with Crippen LogP contribution in [-0.4, -0.2) is 69.0 Å². The van der Waals surface area contributed by atoms with Crippen molar-refractivity contribution in [1.82, 2.24) is 0 Å². The van der Waals surface area contributed by atoms with Crippen LogP contribution in [0.1, 0.15) is 0 Å². The van der Waals surface area contributed by atoms with E-state index >= 15 is 0 Å². The number of nitrogens with zero attached hydrogens (tertiary/aromatic N) is 3. The third-order valence-electron chi connectivity index (χ3n) is 2.34. The van der Waals surface area contributed by atoms with E-state index in [-0.39, 0.29) is 26.4 Å². The van der Waals surface area contributed by atoms with Gasteiger partial charge in [-0.15, -0.1) is 0 Å². The van der Waals surface area contributed by atoms with E-state index in [1.807, 2.05) is 14.1 Å². The minimum Gasteiger partial charge on any atom is -0.421 e. The Kier molecular flexibility index (Phi) is 9.01. The third-order valence-corrected chi connectivity index (χ3v) is 3.35. The molecule has 0 aromatic rings. The lowest BCUT2D eigenvalue weighted by molar-refractivity contribution is -0.890. The highest BCUT2D eigenvalue weighted by atomic mass is 31.2. The van der Waals surface area contributed by atoms with Crippen molar-refractivity contribution < 1.29 is 32.5 Å². The van der Waals surface area contributed by atoms with Crippen LogP contribution in [0.25, 0.3) is 0 Å². The number of carbonyl (C=O) groups excluding carboxylic acids is 1. The summed E-state index contributed by atoms with van der Waals surface area (Å²) in [6, 6.07) is 0. The van der Waals surface area contributed by atoms with Crippen molar-refractivity contribution in [2.45, 2.75) is 0 Å². The van der Waals surface area contributed by atoms with Crippen LogP contribution < -0.4 is 0 Å². The summed E-state index contributed by atoms with van der Waals surface area (Å²) < 4.78 is 25.8. The van der Waals surface area contributed by atoms with Gasteiger partial charge in [0.15, 0.2) is 6.61 Å². The molecular formula is C10H19N3O6P+. The maximum atomic E-state index is 11.4. The number of hydrogen-bond donors (Lipinski definition) is 1. The Morgan fingerprint density at radius 3 is 2.45 bits per heavy atom. The molecule has 0 aliphatic heterocycles. The molecule has 1 unspecified atom stereocenters. The van der Waals surface area contributed by atoms with E-state index in [0.717, 1.165) is 0 Å². The maximum Gasteiger partial charge on any atom is 0.472 e. The molecule has 0 rings (SSSR count). The minimum atomic E-state index is -4.13. The number of phosphoric acid groups is 1. The second-order valence-corrected chi connectivity index (χ2v) is 5.88. The summed E-state index contributed by atoms with van der Waals surface area (Å²) in [6.07, 6.45) is 2.86. The maximum absolute atomic E-state index is 11.4. The lowest BCUT2D eigenvalue weighted by Gasteiger charge is -2.29. The summed E-state index contributed by atoms with van der Waals surface area (Å²) in [4.78, 5) is 22.3. The molecule has 20 heavy (non-hydrogen) atoms. The predicted octanol–water partition coefficient (Wildman–Crippen LogP) is 0.0299. The summed E-state index contributed by atoms with van der Waals surface area (Å²) in [6.45, 7) is 1.02. The van der Waals surface area contributed by atoms with Gasteiger partial charge in [0.2, 0.25) is 6.08 Å². The molecule has 0 heterocycles. The zero-order chi connectivity index (χ0) is 15.5. The number of rotatable bonds is 11. The summed E-state index contributed by atoms with van der Waals surface area (Å²) in [5.41, 5.74) is 0. The van der Waals surface area contributed by atoms with E-state index in [4.69, 9.17) is 9.79 Å². The van der Waals surface area contributed by atoms with Crippen LogP contribution in [0.5, 0.6) is 0 Å². The molecule has 0 radical (unpaired) electrons. The van der Waals surface area contributed by atoms with Gasteiger partial charge >= 0.3 is 7.82 Å². The molecule has 0 amide bonds. The molecule has 0 aromatic carbocycles. The number of isocyanates is 1. The fraction of sp³-hybridized carbons (Fsp3) is 0.800. The van der Waals surface area contributed by atoms with Crippen molar-refractivity contribution in [3.8, 4) is 6.26 Å². The molecule has 0 saturated carbocycles. The van der Waals surface area contributed by atoms with Gasteiger partial charge in [0.25, 0.3) is 6.26 Å². The van der Waals surface area contributed by atoms with Crippen molar-refractivity contribution >= 4 is 13.9 Å². The molecule has 10 heteroatoms. The summed E-state index contributed by atoms with van der Waals surface area (Å²) in [7, 11) is -0.400. The highest BCUT2D eigenvalue weighted by Crippen LogP contribution is 2.42. The first kappa shape index (κ1) is 18.7. The molecule has 0 aromatic heterocycles. The fourth-order valence-corrected chi connectivity index (χ4v) is 1.84. The molecule has 0 saturated heterocycles. The number of quaternary nitrogens is 1. The van der Waals surface area contributed by atoms with E-state index in [0.29, 0.717) is 17.6 Å². The van der Waals surface area contributed by atoms with Crippen molar-refractivity contribution in [2.24, 2.45) is 4.99 Å². The fourth-order valence-electron chi connectivity index (χ4n) is 1.14. The normalized spacial score (nSPS) is 13.9. The summed E-state index contributed by atoms with van der Waals surface area (Å²) >= 11 is 0. The van der Waals surface area contributed by atoms with Gasteiger partial charge in [0.05, 0.1) is 27.2 Å². The van der Waals surface area contributed by atoms with Crippen LogP contribution in [0.3, 0.4) is 0 Å². The standard InChI is InChI=1S/C10H18N3O6P/c1-13(2,4-7-17-9-11)5-8-19-20(15,16)18-6-3-12-10-14/h3-8H2,1-2H3/p+1. The molecule has 114 valence electrons. The average Bonchev–Trinajstić information content (AvgIpc) is 2.34. The molecule has 0 spiro atoms. The molecule has 9 nitrogen and oxygen atoms in total. The number of ether oxygens (including phenoxy) is 1. The SMILES string of the molecule is C[N+](C)(CCOC#N)CCOP(=O)(O)OCCN=C=O. The van der Waals surface area contributed by atoms with Gasteiger partial charge < -0.3 is 14.1 Å². The van der Waals surface area contributed by atoms with E-state index in [1.165, 1.54) is 6.08 Å². The summed E-state index contributed by atoms with van der Waals surface area (Å²) in [5.74, 6) is 0. The zero-order valence-corrected chi connectivity index (χ0v) is 12.4. The zero-order valence-electron chi connectivity index (χ0n) is 11.5. The topological polar surface area (TPSA) is 118 Å². The molecule has 0 bridgehead atoms. The number of phosphoric ester groups is 1. The van der Waals surface area contributed by atoms with Crippen LogP contribution in [0.2, 0.25) is 0 Å². The van der Waals surface area contributed by atoms with E-state index in [2.05, 4.69) is 14.3 Å². The second-order valence-electron chi connectivity index (χ2n) is 4.43. The Morgan fingerprint density at radius 2 is 1.85 bits per heavy atom. The summed E-state index contributed by atoms with van der Waals surface area (Å²) in [5, 5.41) is 8.24. The smallest absolute Gasteiger partial charge is 0.421 e. The van der Waals surface area contributed by atoms with E-state index < -0.39 is 7.82 Å². The number of nitriles is 1. The monoisotopic (exact) mass is 308 g/mol. The second kappa shape index (κ2) is 9.61. The van der Waals surface area contributed by atoms with Crippen LogP contribution in [0.15, 0.2) is 4.99 Å². The van der Waals surface area contributed by atoms with Crippen LogP contribution in [-0.2, 0) is 23.1 Å². The number of likely N-dealkylation sites (N-methyl/N-ethyl adjacent to an activating group) is 1. The molecule has 0 aliphatic carbocycles. The predicted molar refractivity (Wildman–Crippen MR) is 68.1 cm³/mol. The first-order valence-electron chi connectivity index (χ1n) is 5.81. The van der Waals surface area contributed by atoms with Crippen LogP contribution >= 0.6 is 7.82 Å². The van der Waals surface area contributed by atoms with Gasteiger partial charge in [-0.05, 0) is 0 Å². The molecule has 0 fully saturated rings. The van der Waals surface area contributed by atoms with E-state index in [9.17, 15) is 14.3 Å². The largest absolute Gasteiger partial charge is 0.472 e. The first-order chi connectivity index (χ1) is 9.33. The van der Waals surface area contributed by atoms with Gasteiger partial charge in [-0.2, -0.15) is 5.26 Å². The quantitative estimate of drug-likeness (QED) is 0.143. The number of aliphatic imine (C=N–C) groups is 1. The number of hydrogen-bond acceptors (Lipinski definition) is 7. The highest BCUT2D eigenvalue weighted by Gasteiger charge is 2.23. The highest BCUT2D eigenvalue weighted by molar-refractivity contribution is 7.47. The molecule has 1 atom stereocenters. The van der Waals surface area contributed by atoms with Crippen molar-refractivity contribution in [1.29, 1.82) is 5.26 Å². The average molecular weight is 308 g/mol. The minimum absolute atomic E-state index is 0.00425. The molecule has 1 N–H and O–H groups in total. The van der Waals surface area contributed by atoms with Gasteiger partial charge in [0, 0.05) is 0 Å². The molecule has 0 aliphatic rings. The van der Waals surface area contributed by atoms with Gasteiger partial charge in [0.1, 0.15) is 19.7 Å². The van der Waals surface area contributed by atoms with Crippen LogP contribution in [0.4, 0.5) is 0 Å². The van der Waals surface area contributed by atoms with Crippen molar-refractivity contribution in [2.75, 3.05) is 53.6 Å². The lowest BCUT2D eigenvalue weighted by Crippen LogP contribution is -2.44. The third kappa shape index (κ3) is 10.6. The van der Waals surface area contributed by atoms with Gasteiger partial charge in [-0.3, -0.25) is 9.05 Å². The Morgan fingerprint density at radius 1 is 1.25 bits per heavy atom. The van der Waals surface area contributed by atoms with Crippen LogP contribution in [0, 0.1) is 11.5 Å². The molecular weight excluding hydrogens is 289 g/mol. The Balaban J connectivity index is 3.93. The first-order valence-corrected chi connectivity index (χ1v) is 7.31. The van der Waals surface area contributed by atoms with E-state index in [1.54, 1.807) is 6.26 Å².